The van der Waals surface area contributed by atoms with Crippen molar-refractivity contribution in [1.29, 1.82) is 0 Å². The third-order valence-corrected chi connectivity index (χ3v) is 2.97. The van der Waals surface area contributed by atoms with E-state index in [1.54, 1.807) is 12.3 Å². The van der Waals surface area contributed by atoms with Crippen LogP contribution in [0, 0.1) is 0 Å². The summed E-state index contributed by atoms with van der Waals surface area (Å²) in [5.74, 6) is 0. The minimum atomic E-state index is 0.319. The third kappa shape index (κ3) is 2.16. The number of halogens is 1. The highest BCUT2D eigenvalue weighted by Gasteiger charge is 2.40. The number of anilines is 1. The van der Waals surface area contributed by atoms with Crippen molar-refractivity contribution in [2.24, 2.45) is 0 Å². The van der Waals surface area contributed by atoms with Crippen molar-refractivity contribution in [1.82, 2.24) is 10.3 Å². The van der Waals surface area contributed by atoms with E-state index in [9.17, 15) is 0 Å². The number of pyridine rings is 1. The summed E-state index contributed by atoms with van der Waals surface area (Å²) < 4.78 is 0. The van der Waals surface area contributed by atoms with Crippen LogP contribution in [0.1, 0.15) is 12.8 Å². The first kappa shape index (κ1) is 9.74. The van der Waals surface area contributed by atoms with Crippen molar-refractivity contribution < 1.29 is 0 Å². The van der Waals surface area contributed by atoms with Crippen LogP contribution in [-0.2, 0) is 0 Å². The largest absolute Gasteiger partial charge is 0.382 e. The van der Waals surface area contributed by atoms with E-state index in [1.165, 1.54) is 12.8 Å². The molecule has 0 spiro atoms. The Kier molecular flexibility index (Phi) is 2.61. The monoisotopic (exact) mass is 211 g/mol. The molecule has 4 heteroatoms. The van der Waals surface area contributed by atoms with E-state index >= 15 is 0 Å². The van der Waals surface area contributed by atoms with Gasteiger partial charge in [-0.05, 0) is 32.0 Å². The second-order valence-corrected chi connectivity index (χ2v) is 4.14. The van der Waals surface area contributed by atoms with Crippen LogP contribution in [0.5, 0.6) is 0 Å². The molecule has 1 aromatic heterocycles. The molecular formula is C10H14ClN3. The normalized spacial score (nSPS) is 17.9. The van der Waals surface area contributed by atoms with E-state index < -0.39 is 0 Å². The highest BCUT2D eigenvalue weighted by Crippen LogP contribution is 2.34. The fourth-order valence-corrected chi connectivity index (χ4v) is 1.53. The van der Waals surface area contributed by atoms with Crippen molar-refractivity contribution in [2.45, 2.75) is 18.4 Å². The van der Waals surface area contributed by atoms with E-state index in [4.69, 9.17) is 11.6 Å². The van der Waals surface area contributed by atoms with Gasteiger partial charge in [-0.2, -0.15) is 0 Å². The van der Waals surface area contributed by atoms with Crippen molar-refractivity contribution in [3.63, 3.8) is 0 Å². The molecule has 1 aliphatic carbocycles. The quantitative estimate of drug-likeness (QED) is 0.747. The molecule has 1 aromatic rings. The summed E-state index contributed by atoms with van der Waals surface area (Å²) in [6.45, 7) is 0.951. The molecule has 1 saturated carbocycles. The van der Waals surface area contributed by atoms with Gasteiger partial charge in [-0.25, -0.2) is 4.98 Å². The van der Waals surface area contributed by atoms with Gasteiger partial charge in [0.2, 0.25) is 0 Å². The molecule has 0 amide bonds. The SMILES string of the molecule is CNC1(CNc2ccc(Cl)nc2)CC1. The Morgan fingerprint density at radius 1 is 1.50 bits per heavy atom. The smallest absolute Gasteiger partial charge is 0.129 e. The van der Waals surface area contributed by atoms with E-state index in [0.717, 1.165) is 12.2 Å². The molecule has 2 N–H and O–H groups in total. The van der Waals surface area contributed by atoms with Gasteiger partial charge >= 0.3 is 0 Å². The van der Waals surface area contributed by atoms with Crippen molar-refractivity contribution in [3.8, 4) is 0 Å². The minimum absolute atomic E-state index is 0.319. The lowest BCUT2D eigenvalue weighted by molar-refractivity contribution is 0.578. The first-order valence-corrected chi connectivity index (χ1v) is 5.16. The Hall–Kier alpha value is -0.800. The average Bonchev–Trinajstić information content (AvgIpc) is 2.98. The van der Waals surface area contributed by atoms with E-state index in [1.807, 2.05) is 13.1 Å². The zero-order chi connectivity index (χ0) is 10.0. The minimum Gasteiger partial charge on any atom is -0.382 e. The van der Waals surface area contributed by atoms with E-state index in [2.05, 4.69) is 15.6 Å². The lowest BCUT2D eigenvalue weighted by Gasteiger charge is -2.15. The van der Waals surface area contributed by atoms with E-state index in [-0.39, 0.29) is 0 Å². The second kappa shape index (κ2) is 3.75. The second-order valence-electron chi connectivity index (χ2n) is 3.75. The molecule has 76 valence electrons. The Labute approximate surface area is 88.9 Å². The summed E-state index contributed by atoms with van der Waals surface area (Å²) in [4.78, 5) is 4.01. The first-order valence-electron chi connectivity index (χ1n) is 4.78. The maximum absolute atomic E-state index is 5.69. The van der Waals surface area contributed by atoms with E-state index in [0.29, 0.717) is 10.7 Å². The molecule has 2 rings (SSSR count). The third-order valence-electron chi connectivity index (χ3n) is 2.74. The lowest BCUT2D eigenvalue weighted by Crippen LogP contribution is -2.34. The fraction of sp³-hybridized carbons (Fsp3) is 0.500. The number of hydrogen-bond acceptors (Lipinski definition) is 3. The highest BCUT2D eigenvalue weighted by molar-refractivity contribution is 6.29. The molecule has 0 radical (unpaired) electrons. The molecule has 3 nitrogen and oxygen atoms in total. The maximum Gasteiger partial charge on any atom is 0.129 e. The number of aromatic nitrogens is 1. The summed E-state index contributed by atoms with van der Waals surface area (Å²) >= 11 is 5.69. The van der Waals surface area contributed by atoms with Gasteiger partial charge in [-0.1, -0.05) is 11.6 Å². The summed E-state index contributed by atoms with van der Waals surface area (Å²) in [5.41, 5.74) is 1.34. The van der Waals surface area contributed by atoms with Crippen LogP contribution in [0.3, 0.4) is 0 Å². The molecule has 0 unspecified atom stereocenters. The highest BCUT2D eigenvalue weighted by atomic mass is 35.5. The van der Waals surface area contributed by atoms with Crippen LogP contribution in [-0.4, -0.2) is 24.1 Å². The molecule has 1 heterocycles. The van der Waals surface area contributed by atoms with Crippen molar-refractivity contribution in [2.75, 3.05) is 18.9 Å². The van der Waals surface area contributed by atoms with Gasteiger partial charge < -0.3 is 10.6 Å². The van der Waals surface area contributed by atoms with Crippen LogP contribution in [0.2, 0.25) is 5.15 Å². The van der Waals surface area contributed by atoms with Gasteiger partial charge in [-0.3, -0.25) is 0 Å². The maximum atomic E-state index is 5.69. The fourth-order valence-electron chi connectivity index (χ4n) is 1.42. The van der Waals surface area contributed by atoms with Crippen LogP contribution < -0.4 is 10.6 Å². The predicted molar refractivity (Wildman–Crippen MR) is 58.8 cm³/mol. The summed E-state index contributed by atoms with van der Waals surface area (Å²) in [6.07, 6.45) is 4.25. The van der Waals surface area contributed by atoms with Crippen molar-refractivity contribution >= 4 is 17.3 Å². The van der Waals surface area contributed by atoms with Gasteiger partial charge in [0.15, 0.2) is 0 Å². The molecule has 14 heavy (non-hydrogen) atoms. The summed E-state index contributed by atoms with van der Waals surface area (Å²) in [5, 5.41) is 7.20. The molecule has 0 atom stereocenters. The Bertz CT molecular complexity index is 306. The van der Waals surface area contributed by atoms with Gasteiger partial charge in [0.05, 0.1) is 11.9 Å². The number of nitrogens with one attached hydrogen (secondary N) is 2. The first-order chi connectivity index (χ1) is 6.74. The van der Waals surface area contributed by atoms with Gasteiger partial charge in [0.1, 0.15) is 5.15 Å². The van der Waals surface area contributed by atoms with Gasteiger partial charge in [-0.15, -0.1) is 0 Å². The Morgan fingerprint density at radius 3 is 2.79 bits per heavy atom. The molecule has 0 bridgehead atoms. The topological polar surface area (TPSA) is 37.0 Å². The zero-order valence-corrected chi connectivity index (χ0v) is 8.93. The number of likely N-dealkylation sites (N-methyl/N-ethyl adjacent to an activating group) is 1. The summed E-state index contributed by atoms with van der Waals surface area (Å²) in [6, 6.07) is 3.74. The van der Waals surface area contributed by atoms with Gasteiger partial charge in [0.25, 0.3) is 0 Å². The molecular weight excluding hydrogens is 198 g/mol. The van der Waals surface area contributed by atoms with Crippen LogP contribution in [0.4, 0.5) is 5.69 Å². The lowest BCUT2D eigenvalue weighted by atomic mass is 10.2. The number of nitrogens with zero attached hydrogens (tertiary/aromatic N) is 1. The zero-order valence-electron chi connectivity index (χ0n) is 8.18. The molecule has 0 aliphatic heterocycles. The number of hydrogen-bond donors (Lipinski definition) is 2. The Balaban J connectivity index is 1.89. The van der Waals surface area contributed by atoms with Gasteiger partial charge in [0, 0.05) is 12.1 Å². The standard InChI is InChI=1S/C10H14ClN3/c1-12-10(4-5-10)7-14-8-2-3-9(11)13-6-8/h2-3,6,12,14H,4-5,7H2,1H3. The van der Waals surface area contributed by atoms with Crippen LogP contribution in [0.15, 0.2) is 18.3 Å². The summed E-state index contributed by atoms with van der Waals surface area (Å²) in [7, 11) is 2.01. The van der Waals surface area contributed by atoms with Crippen molar-refractivity contribution in [3.05, 3.63) is 23.5 Å². The number of rotatable bonds is 4. The average molecular weight is 212 g/mol. The molecule has 1 aliphatic rings. The van der Waals surface area contributed by atoms with Crippen LogP contribution in [0.25, 0.3) is 0 Å². The molecule has 1 fully saturated rings. The van der Waals surface area contributed by atoms with Crippen LogP contribution >= 0.6 is 11.6 Å². The molecule has 0 saturated heterocycles. The Morgan fingerprint density at radius 2 is 2.29 bits per heavy atom. The predicted octanol–water partition coefficient (Wildman–Crippen LogP) is 1.90. The molecule has 0 aromatic carbocycles.